The van der Waals surface area contributed by atoms with E-state index < -0.39 is 11.7 Å². The number of nitrogens with one attached hydrogen (secondary N) is 2. The highest BCUT2D eigenvalue weighted by molar-refractivity contribution is 5.67. The third-order valence-electron chi connectivity index (χ3n) is 2.86. The molecule has 0 saturated carbocycles. The van der Waals surface area contributed by atoms with E-state index in [1.165, 1.54) is 0 Å². The van der Waals surface area contributed by atoms with Gasteiger partial charge in [-0.15, -0.1) is 0 Å². The van der Waals surface area contributed by atoms with Gasteiger partial charge in [0.25, 0.3) is 0 Å². The van der Waals surface area contributed by atoms with Crippen molar-refractivity contribution in [2.75, 3.05) is 18.7 Å². The minimum Gasteiger partial charge on any atom is -0.451 e. The molecule has 1 aromatic carbocycles. The number of rotatable bonds is 4. The van der Waals surface area contributed by atoms with Gasteiger partial charge in [0, 0.05) is 12.2 Å². The maximum Gasteiger partial charge on any atom is 0.407 e. The number of hydrogen-bond acceptors (Lipinski definition) is 6. The molecule has 7 heteroatoms. The van der Waals surface area contributed by atoms with Gasteiger partial charge in [-0.05, 0) is 38.5 Å². The second kappa shape index (κ2) is 7.23. The molecule has 0 saturated heterocycles. The standard InChI is InChI=1S/C16H23N3O4/c1-16(2,3)23-15(20)18-8-11-5-4-6-12(7-11)19-14-13(17)9-21-10-22-14/h4-7,19H,8-10,17H2,1-3H3,(H,18,20). The van der Waals surface area contributed by atoms with Crippen LogP contribution in [0.2, 0.25) is 0 Å². The summed E-state index contributed by atoms with van der Waals surface area (Å²) < 4.78 is 15.6. The zero-order chi connectivity index (χ0) is 16.9. The van der Waals surface area contributed by atoms with Crippen molar-refractivity contribution in [2.24, 2.45) is 5.73 Å². The molecule has 0 aliphatic carbocycles. The summed E-state index contributed by atoms with van der Waals surface area (Å²) in [6, 6.07) is 7.57. The van der Waals surface area contributed by atoms with Crippen LogP contribution in [-0.4, -0.2) is 25.1 Å². The van der Waals surface area contributed by atoms with Crippen molar-refractivity contribution >= 4 is 11.8 Å². The van der Waals surface area contributed by atoms with Gasteiger partial charge >= 0.3 is 6.09 Å². The van der Waals surface area contributed by atoms with Crippen LogP contribution in [0.3, 0.4) is 0 Å². The maximum atomic E-state index is 11.7. The van der Waals surface area contributed by atoms with E-state index in [4.69, 9.17) is 19.9 Å². The molecular formula is C16H23N3O4. The molecule has 0 radical (unpaired) electrons. The molecule has 0 atom stereocenters. The third-order valence-corrected chi connectivity index (χ3v) is 2.86. The molecule has 1 aliphatic heterocycles. The summed E-state index contributed by atoms with van der Waals surface area (Å²) in [5, 5.41) is 5.82. The Morgan fingerprint density at radius 2 is 2.17 bits per heavy atom. The van der Waals surface area contributed by atoms with Crippen LogP contribution >= 0.6 is 0 Å². The van der Waals surface area contributed by atoms with Crippen LogP contribution < -0.4 is 16.4 Å². The largest absolute Gasteiger partial charge is 0.451 e. The molecule has 1 amide bonds. The highest BCUT2D eigenvalue weighted by atomic mass is 16.7. The molecule has 0 bridgehead atoms. The topological polar surface area (TPSA) is 94.8 Å². The van der Waals surface area contributed by atoms with Crippen LogP contribution in [0.4, 0.5) is 10.5 Å². The Labute approximate surface area is 135 Å². The fourth-order valence-corrected chi connectivity index (χ4v) is 1.91. The van der Waals surface area contributed by atoms with Crippen LogP contribution in [0.25, 0.3) is 0 Å². The predicted octanol–water partition coefficient (Wildman–Crippen LogP) is 2.26. The van der Waals surface area contributed by atoms with Crippen LogP contribution in [0.15, 0.2) is 35.8 Å². The Morgan fingerprint density at radius 1 is 1.39 bits per heavy atom. The van der Waals surface area contributed by atoms with E-state index in [0.29, 0.717) is 24.7 Å². The van der Waals surface area contributed by atoms with Gasteiger partial charge in [-0.2, -0.15) is 0 Å². The molecule has 1 aromatic rings. The highest BCUT2D eigenvalue weighted by Gasteiger charge is 2.16. The lowest BCUT2D eigenvalue weighted by atomic mass is 10.2. The first-order chi connectivity index (χ1) is 10.8. The van der Waals surface area contributed by atoms with E-state index in [1.54, 1.807) is 0 Å². The van der Waals surface area contributed by atoms with Gasteiger partial charge in [0.2, 0.25) is 5.88 Å². The van der Waals surface area contributed by atoms with Crippen molar-refractivity contribution in [1.29, 1.82) is 0 Å². The monoisotopic (exact) mass is 321 g/mol. The zero-order valence-electron chi connectivity index (χ0n) is 13.6. The fourth-order valence-electron chi connectivity index (χ4n) is 1.91. The van der Waals surface area contributed by atoms with Gasteiger partial charge in [0.1, 0.15) is 5.60 Å². The van der Waals surface area contributed by atoms with Crippen molar-refractivity contribution in [3.63, 3.8) is 0 Å². The van der Waals surface area contributed by atoms with E-state index in [2.05, 4.69) is 10.6 Å². The van der Waals surface area contributed by atoms with E-state index in [0.717, 1.165) is 11.3 Å². The van der Waals surface area contributed by atoms with Crippen molar-refractivity contribution < 1.29 is 19.0 Å². The molecule has 23 heavy (non-hydrogen) atoms. The lowest BCUT2D eigenvalue weighted by Crippen LogP contribution is -2.32. The van der Waals surface area contributed by atoms with Crippen molar-refractivity contribution in [2.45, 2.75) is 32.9 Å². The molecule has 0 unspecified atom stereocenters. The summed E-state index contributed by atoms with van der Waals surface area (Å²) in [7, 11) is 0. The average Bonchev–Trinajstić information content (AvgIpc) is 2.46. The Kier molecular flexibility index (Phi) is 5.33. The molecule has 4 N–H and O–H groups in total. The van der Waals surface area contributed by atoms with Crippen LogP contribution in [0.5, 0.6) is 0 Å². The number of carbonyl (C=O) groups excluding carboxylic acids is 1. The van der Waals surface area contributed by atoms with E-state index in [-0.39, 0.29) is 6.79 Å². The molecule has 0 aromatic heterocycles. The predicted molar refractivity (Wildman–Crippen MR) is 86.3 cm³/mol. The molecular weight excluding hydrogens is 298 g/mol. The molecule has 126 valence electrons. The second-order valence-electron chi connectivity index (χ2n) is 6.15. The van der Waals surface area contributed by atoms with Gasteiger partial charge in [-0.1, -0.05) is 12.1 Å². The number of carbonyl (C=O) groups is 1. The highest BCUT2D eigenvalue weighted by Crippen LogP contribution is 2.16. The summed E-state index contributed by atoms with van der Waals surface area (Å²) in [4.78, 5) is 11.7. The van der Waals surface area contributed by atoms with Crippen LogP contribution in [0, 0.1) is 0 Å². The summed E-state index contributed by atoms with van der Waals surface area (Å²) in [6.07, 6.45) is -0.449. The molecule has 7 nitrogen and oxygen atoms in total. The minimum atomic E-state index is -0.516. The average molecular weight is 321 g/mol. The minimum absolute atomic E-state index is 0.170. The Bertz CT molecular complexity index is 593. The van der Waals surface area contributed by atoms with Crippen molar-refractivity contribution in [3.8, 4) is 0 Å². The number of hydrogen-bond donors (Lipinski definition) is 3. The van der Waals surface area contributed by atoms with Gasteiger partial charge < -0.3 is 30.6 Å². The lowest BCUT2D eigenvalue weighted by molar-refractivity contribution is -0.0344. The Morgan fingerprint density at radius 3 is 2.87 bits per heavy atom. The number of amides is 1. The summed E-state index contributed by atoms with van der Waals surface area (Å²) in [6.45, 7) is 6.34. The summed E-state index contributed by atoms with van der Waals surface area (Å²) in [5.74, 6) is 0.494. The summed E-state index contributed by atoms with van der Waals surface area (Å²) >= 11 is 0. The van der Waals surface area contributed by atoms with Gasteiger partial charge in [0.15, 0.2) is 6.79 Å². The van der Waals surface area contributed by atoms with E-state index in [9.17, 15) is 4.79 Å². The Hall–Kier alpha value is -2.41. The number of ether oxygens (including phenoxy) is 3. The van der Waals surface area contributed by atoms with Crippen molar-refractivity contribution in [3.05, 3.63) is 41.4 Å². The van der Waals surface area contributed by atoms with Crippen LogP contribution in [-0.2, 0) is 20.8 Å². The maximum absolute atomic E-state index is 11.7. The zero-order valence-corrected chi connectivity index (χ0v) is 13.6. The molecule has 1 heterocycles. The van der Waals surface area contributed by atoms with E-state index in [1.807, 2.05) is 45.0 Å². The second-order valence-corrected chi connectivity index (χ2v) is 6.15. The smallest absolute Gasteiger partial charge is 0.407 e. The molecule has 0 spiro atoms. The van der Waals surface area contributed by atoms with Crippen LogP contribution in [0.1, 0.15) is 26.3 Å². The summed E-state index contributed by atoms with van der Waals surface area (Å²) in [5.41, 5.74) is 7.54. The fraction of sp³-hybridized carbons (Fsp3) is 0.438. The first-order valence-electron chi connectivity index (χ1n) is 7.35. The first kappa shape index (κ1) is 17.0. The molecule has 0 fully saturated rings. The SMILES string of the molecule is CC(C)(C)OC(=O)NCc1cccc(NC2=C(N)COCO2)c1. The Balaban J connectivity index is 1.93. The van der Waals surface area contributed by atoms with Gasteiger partial charge in [-0.3, -0.25) is 0 Å². The van der Waals surface area contributed by atoms with Crippen molar-refractivity contribution in [1.82, 2.24) is 5.32 Å². The van der Waals surface area contributed by atoms with Gasteiger partial charge in [-0.25, -0.2) is 4.79 Å². The molecule has 2 rings (SSSR count). The first-order valence-corrected chi connectivity index (χ1v) is 7.35. The normalized spacial score (nSPS) is 14.9. The number of nitrogens with two attached hydrogens (primary N) is 1. The van der Waals surface area contributed by atoms with Gasteiger partial charge in [0.05, 0.1) is 12.3 Å². The third kappa shape index (κ3) is 5.71. The van der Waals surface area contributed by atoms with E-state index >= 15 is 0 Å². The number of anilines is 1. The quantitative estimate of drug-likeness (QED) is 0.787. The number of benzene rings is 1. The lowest BCUT2D eigenvalue weighted by Gasteiger charge is -2.21. The number of alkyl carbamates (subject to hydrolysis) is 1. The molecule has 1 aliphatic rings.